The molecular formula is C14H20N4OS. The van der Waals surface area contributed by atoms with Gasteiger partial charge in [-0.2, -0.15) is 5.10 Å². The van der Waals surface area contributed by atoms with E-state index in [9.17, 15) is 0 Å². The molecule has 0 radical (unpaired) electrons. The maximum Gasteiger partial charge on any atom is 0.107 e. The van der Waals surface area contributed by atoms with Crippen LogP contribution in [0.15, 0.2) is 17.8 Å². The van der Waals surface area contributed by atoms with Crippen LogP contribution in [0.4, 0.5) is 0 Å². The number of hydrogen-bond acceptors (Lipinski definition) is 5. The highest BCUT2D eigenvalue weighted by atomic mass is 32.1. The van der Waals surface area contributed by atoms with Crippen LogP contribution in [-0.2, 0) is 24.9 Å². The summed E-state index contributed by atoms with van der Waals surface area (Å²) in [5.74, 6) is 0.410. The van der Waals surface area contributed by atoms with Gasteiger partial charge in [0, 0.05) is 56.0 Å². The maximum atomic E-state index is 5.65. The Bertz CT molecular complexity index is 552. The fourth-order valence-electron chi connectivity index (χ4n) is 2.75. The van der Waals surface area contributed by atoms with Crippen molar-refractivity contribution >= 4 is 11.3 Å². The first-order valence-corrected chi connectivity index (χ1v) is 7.85. The number of fused-ring (bicyclic) bond motifs is 1. The summed E-state index contributed by atoms with van der Waals surface area (Å²) in [7, 11) is 1.99. The highest BCUT2D eigenvalue weighted by molar-refractivity contribution is 7.09. The van der Waals surface area contributed by atoms with Gasteiger partial charge in [-0.05, 0) is 6.92 Å². The van der Waals surface area contributed by atoms with Crippen molar-refractivity contribution in [3.63, 3.8) is 0 Å². The van der Waals surface area contributed by atoms with Gasteiger partial charge in [-0.1, -0.05) is 0 Å². The molecule has 0 aromatic carbocycles. The third kappa shape index (κ3) is 2.92. The summed E-state index contributed by atoms with van der Waals surface area (Å²) in [6, 6.07) is 0. The van der Waals surface area contributed by atoms with Crippen LogP contribution in [-0.4, -0.2) is 39.4 Å². The number of ether oxygens (including phenoxy) is 1. The second kappa shape index (κ2) is 6.03. The lowest BCUT2D eigenvalue weighted by atomic mass is 9.96. The minimum absolute atomic E-state index is 0.410. The first kappa shape index (κ1) is 13.7. The van der Waals surface area contributed by atoms with Crippen LogP contribution >= 0.6 is 11.3 Å². The molecule has 6 heteroatoms. The Morgan fingerprint density at radius 3 is 3.15 bits per heavy atom. The van der Waals surface area contributed by atoms with E-state index in [0.717, 1.165) is 32.8 Å². The first-order chi connectivity index (χ1) is 9.76. The quantitative estimate of drug-likeness (QED) is 0.845. The van der Waals surface area contributed by atoms with Crippen molar-refractivity contribution < 1.29 is 4.74 Å². The fourth-order valence-corrected chi connectivity index (χ4v) is 3.41. The van der Waals surface area contributed by atoms with Crippen LogP contribution in [0.5, 0.6) is 0 Å². The van der Waals surface area contributed by atoms with Crippen LogP contribution in [0.1, 0.15) is 29.1 Å². The van der Waals surface area contributed by atoms with Crippen molar-refractivity contribution in [1.82, 2.24) is 19.7 Å². The van der Waals surface area contributed by atoms with Gasteiger partial charge in [0.05, 0.1) is 18.8 Å². The molecule has 1 aliphatic rings. The molecule has 1 aliphatic heterocycles. The van der Waals surface area contributed by atoms with Gasteiger partial charge in [-0.3, -0.25) is 9.58 Å². The predicted molar refractivity (Wildman–Crippen MR) is 78.7 cm³/mol. The Hall–Kier alpha value is -1.24. The number of aryl methyl sites for hydroxylation is 1. The van der Waals surface area contributed by atoms with E-state index in [1.54, 1.807) is 11.3 Å². The summed E-state index contributed by atoms with van der Waals surface area (Å²) in [6.07, 6.45) is 4.01. The lowest BCUT2D eigenvalue weighted by molar-refractivity contribution is 0.105. The van der Waals surface area contributed by atoms with Gasteiger partial charge >= 0.3 is 0 Å². The minimum atomic E-state index is 0.410. The second-order valence-corrected chi connectivity index (χ2v) is 6.14. The van der Waals surface area contributed by atoms with Gasteiger partial charge in [-0.25, -0.2) is 4.98 Å². The SMILES string of the molecule is CCOC[C@H]1CN(Cc2nccs2)Cc2nn(C)cc21. The lowest BCUT2D eigenvalue weighted by Crippen LogP contribution is -2.34. The van der Waals surface area contributed by atoms with E-state index in [1.807, 2.05) is 30.2 Å². The molecule has 0 fully saturated rings. The Morgan fingerprint density at radius 1 is 1.50 bits per heavy atom. The van der Waals surface area contributed by atoms with Gasteiger partial charge in [0.1, 0.15) is 5.01 Å². The Balaban J connectivity index is 1.76. The molecule has 3 heterocycles. The summed E-state index contributed by atoms with van der Waals surface area (Å²) in [4.78, 5) is 6.79. The van der Waals surface area contributed by atoms with E-state index in [2.05, 4.69) is 21.2 Å². The van der Waals surface area contributed by atoms with Gasteiger partial charge in [0.25, 0.3) is 0 Å². The molecule has 0 aliphatic carbocycles. The molecule has 0 spiro atoms. The largest absolute Gasteiger partial charge is 0.381 e. The number of rotatable bonds is 5. The molecule has 3 rings (SSSR count). The monoisotopic (exact) mass is 292 g/mol. The summed E-state index contributed by atoms with van der Waals surface area (Å²) < 4.78 is 7.56. The highest BCUT2D eigenvalue weighted by Crippen LogP contribution is 2.28. The Kier molecular flexibility index (Phi) is 4.14. The van der Waals surface area contributed by atoms with Gasteiger partial charge in [-0.15, -0.1) is 11.3 Å². The van der Waals surface area contributed by atoms with Gasteiger partial charge < -0.3 is 4.74 Å². The second-order valence-electron chi connectivity index (χ2n) is 5.16. The van der Waals surface area contributed by atoms with Crippen LogP contribution in [0.25, 0.3) is 0 Å². The molecule has 2 aromatic rings. The van der Waals surface area contributed by atoms with Crippen molar-refractivity contribution in [1.29, 1.82) is 0 Å². The number of thiazole rings is 1. The number of hydrogen-bond donors (Lipinski definition) is 0. The number of nitrogens with zero attached hydrogens (tertiary/aromatic N) is 4. The van der Waals surface area contributed by atoms with Crippen molar-refractivity contribution in [2.24, 2.45) is 7.05 Å². The summed E-state index contributed by atoms with van der Waals surface area (Å²) in [5, 5.41) is 7.79. The van der Waals surface area contributed by atoms with Crippen molar-refractivity contribution in [2.45, 2.75) is 25.9 Å². The van der Waals surface area contributed by atoms with E-state index in [0.29, 0.717) is 5.92 Å². The van der Waals surface area contributed by atoms with E-state index in [-0.39, 0.29) is 0 Å². The molecule has 5 nitrogen and oxygen atoms in total. The molecule has 1 atom stereocenters. The molecule has 0 saturated heterocycles. The minimum Gasteiger partial charge on any atom is -0.381 e. The average molecular weight is 292 g/mol. The molecule has 0 N–H and O–H groups in total. The van der Waals surface area contributed by atoms with Crippen LogP contribution in [0.3, 0.4) is 0 Å². The predicted octanol–water partition coefficient (Wildman–Crippen LogP) is 2.01. The Morgan fingerprint density at radius 2 is 2.40 bits per heavy atom. The third-order valence-electron chi connectivity index (χ3n) is 3.59. The molecule has 0 amide bonds. The highest BCUT2D eigenvalue weighted by Gasteiger charge is 2.28. The lowest BCUT2D eigenvalue weighted by Gasteiger charge is -2.31. The summed E-state index contributed by atoms with van der Waals surface area (Å²) >= 11 is 1.71. The van der Waals surface area contributed by atoms with Crippen molar-refractivity contribution in [2.75, 3.05) is 19.8 Å². The van der Waals surface area contributed by atoms with Crippen molar-refractivity contribution in [3.05, 3.63) is 34.0 Å². The van der Waals surface area contributed by atoms with E-state index < -0.39 is 0 Å². The molecule has 0 unspecified atom stereocenters. The number of aromatic nitrogens is 3. The van der Waals surface area contributed by atoms with Crippen LogP contribution in [0, 0.1) is 0 Å². The molecule has 20 heavy (non-hydrogen) atoms. The summed E-state index contributed by atoms with van der Waals surface area (Å²) in [5.41, 5.74) is 2.52. The molecule has 108 valence electrons. The standard InChI is InChI=1S/C14H20N4OS/c1-3-19-10-11-6-18(9-14-15-4-5-20-14)8-13-12(11)7-17(2)16-13/h4-5,7,11H,3,6,8-10H2,1-2H3/t11-/m1/s1. The van der Waals surface area contributed by atoms with Crippen molar-refractivity contribution in [3.8, 4) is 0 Å². The first-order valence-electron chi connectivity index (χ1n) is 6.97. The normalized spacial score (nSPS) is 19.2. The fraction of sp³-hybridized carbons (Fsp3) is 0.571. The maximum absolute atomic E-state index is 5.65. The summed E-state index contributed by atoms with van der Waals surface area (Å²) in [6.45, 7) is 6.38. The van der Waals surface area contributed by atoms with Crippen LogP contribution < -0.4 is 0 Å². The topological polar surface area (TPSA) is 43.2 Å². The zero-order chi connectivity index (χ0) is 13.9. The third-order valence-corrected chi connectivity index (χ3v) is 4.36. The van der Waals surface area contributed by atoms with Crippen LogP contribution in [0.2, 0.25) is 0 Å². The molecular weight excluding hydrogens is 272 g/mol. The zero-order valence-corrected chi connectivity index (χ0v) is 12.8. The zero-order valence-electron chi connectivity index (χ0n) is 12.0. The average Bonchev–Trinajstić information content (AvgIpc) is 3.04. The molecule has 0 bridgehead atoms. The van der Waals surface area contributed by atoms with Gasteiger partial charge in [0.15, 0.2) is 0 Å². The Labute approximate surface area is 123 Å². The van der Waals surface area contributed by atoms with E-state index >= 15 is 0 Å². The van der Waals surface area contributed by atoms with Gasteiger partial charge in [0.2, 0.25) is 0 Å². The smallest absolute Gasteiger partial charge is 0.107 e. The molecule has 2 aromatic heterocycles. The van der Waals surface area contributed by atoms with E-state index in [1.165, 1.54) is 16.3 Å². The molecule has 0 saturated carbocycles. The van der Waals surface area contributed by atoms with E-state index in [4.69, 9.17) is 4.74 Å².